The van der Waals surface area contributed by atoms with Crippen LogP contribution in [0.1, 0.15) is 33.7 Å². The summed E-state index contributed by atoms with van der Waals surface area (Å²) in [7, 11) is 0. The Labute approximate surface area is 131 Å². The first kappa shape index (κ1) is 14.1. The van der Waals surface area contributed by atoms with Gasteiger partial charge in [-0.15, -0.1) is 22.7 Å². The number of hydrogen-bond donors (Lipinski definition) is 1. The molecule has 0 saturated heterocycles. The predicted molar refractivity (Wildman–Crippen MR) is 87.7 cm³/mol. The molecule has 0 aliphatic heterocycles. The summed E-state index contributed by atoms with van der Waals surface area (Å²) in [6.45, 7) is 0. The number of thiophene rings is 2. The maximum absolute atomic E-state index is 12.0. The molecule has 1 aliphatic rings. The van der Waals surface area contributed by atoms with Gasteiger partial charge < -0.3 is 5.32 Å². The van der Waals surface area contributed by atoms with Crippen molar-refractivity contribution < 1.29 is 4.79 Å². The monoisotopic (exact) mass is 314 g/mol. The SMILES string of the molecule is N#Cc1c(NC(=O)/C=C/c2cccs2)sc2c1CCCC2. The minimum atomic E-state index is -0.182. The first-order valence-electron chi connectivity index (χ1n) is 6.85. The van der Waals surface area contributed by atoms with Crippen LogP contribution in [-0.2, 0) is 17.6 Å². The van der Waals surface area contributed by atoms with Crippen molar-refractivity contribution in [1.29, 1.82) is 5.26 Å². The predicted octanol–water partition coefficient (Wildman–Crippen LogP) is 4.21. The lowest BCUT2D eigenvalue weighted by Gasteiger charge is -2.09. The fourth-order valence-corrected chi connectivity index (χ4v) is 4.33. The molecule has 0 radical (unpaired) electrons. The summed E-state index contributed by atoms with van der Waals surface area (Å²) in [6, 6.07) is 6.16. The van der Waals surface area contributed by atoms with E-state index in [2.05, 4.69) is 11.4 Å². The molecule has 0 bridgehead atoms. The van der Waals surface area contributed by atoms with Gasteiger partial charge in [-0.25, -0.2) is 0 Å². The average molecular weight is 314 g/mol. The number of nitrogens with one attached hydrogen (secondary N) is 1. The fourth-order valence-electron chi connectivity index (χ4n) is 2.47. The van der Waals surface area contributed by atoms with Crippen LogP contribution in [0, 0.1) is 11.3 Å². The number of nitrogens with zero attached hydrogens (tertiary/aromatic N) is 1. The summed E-state index contributed by atoms with van der Waals surface area (Å²) >= 11 is 3.14. The Kier molecular flexibility index (Phi) is 4.18. The Morgan fingerprint density at radius 3 is 3.00 bits per heavy atom. The van der Waals surface area contributed by atoms with Gasteiger partial charge in [-0.05, 0) is 48.8 Å². The molecule has 1 aliphatic carbocycles. The lowest BCUT2D eigenvalue weighted by molar-refractivity contribution is -0.111. The molecule has 21 heavy (non-hydrogen) atoms. The van der Waals surface area contributed by atoms with Crippen molar-refractivity contribution in [3.63, 3.8) is 0 Å². The van der Waals surface area contributed by atoms with Gasteiger partial charge in [-0.2, -0.15) is 5.26 Å². The molecule has 0 saturated carbocycles. The molecule has 0 unspecified atom stereocenters. The number of carbonyl (C=O) groups excluding carboxylic acids is 1. The van der Waals surface area contributed by atoms with Crippen LogP contribution >= 0.6 is 22.7 Å². The lowest BCUT2D eigenvalue weighted by Crippen LogP contribution is -2.07. The molecule has 0 aromatic carbocycles. The molecule has 3 nitrogen and oxygen atoms in total. The molecular weight excluding hydrogens is 300 g/mol. The third-order valence-electron chi connectivity index (χ3n) is 3.46. The van der Waals surface area contributed by atoms with Crippen LogP contribution in [0.2, 0.25) is 0 Å². The maximum Gasteiger partial charge on any atom is 0.249 e. The van der Waals surface area contributed by atoms with E-state index < -0.39 is 0 Å². The largest absolute Gasteiger partial charge is 0.313 e. The molecule has 2 aromatic rings. The van der Waals surface area contributed by atoms with Crippen LogP contribution in [0.4, 0.5) is 5.00 Å². The Morgan fingerprint density at radius 2 is 2.24 bits per heavy atom. The van der Waals surface area contributed by atoms with Gasteiger partial charge in [0, 0.05) is 15.8 Å². The molecule has 0 spiro atoms. The second-order valence-electron chi connectivity index (χ2n) is 4.86. The summed E-state index contributed by atoms with van der Waals surface area (Å²) in [5, 5.41) is 14.9. The summed E-state index contributed by atoms with van der Waals surface area (Å²) in [5.74, 6) is -0.182. The number of anilines is 1. The standard InChI is InChI=1S/C16H14N2OS2/c17-10-13-12-5-1-2-6-14(12)21-16(13)18-15(19)8-7-11-4-3-9-20-11/h3-4,7-9H,1-2,5-6H2,(H,18,19)/b8-7+. The Morgan fingerprint density at radius 1 is 1.38 bits per heavy atom. The normalized spacial score (nSPS) is 13.9. The highest BCUT2D eigenvalue weighted by molar-refractivity contribution is 7.16. The molecule has 2 aromatic heterocycles. The van der Waals surface area contributed by atoms with Crippen molar-refractivity contribution in [3.8, 4) is 6.07 Å². The molecule has 0 atom stereocenters. The summed E-state index contributed by atoms with van der Waals surface area (Å²) in [5.41, 5.74) is 1.80. The van der Waals surface area contributed by atoms with E-state index in [1.807, 2.05) is 17.5 Å². The van der Waals surface area contributed by atoms with Crippen molar-refractivity contribution >= 4 is 39.7 Å². The Hall–Kier alpha value is -1.90. The van der Waals surface area contributed by atoms with Crippen LogP contribution in [-0.4, -0.2) is 5.91 Å². The van der Waals surface area contributed by atoms with Gasteiger partial charge >= 0.3 is 0 Å². The fraction of sp³-hybridized carbons (Fsp3) is 0.250. The van der Waals surface area contributed by atoms with Gasteiger partial charge in [-0.1, -0.05) is 6.07 Å². The maximum atomic E-state index is 12.0. The second-order valence-corrected chi connectivity index (χ2v) is 6.95. The van der Waals surface area contributed by atoms with E-state index in [1.54, 1.807) is 28.7 Å². The van der Waals surface area contributed by atoms with Gasteiger partial charge in [-0.3, -0.25) is 4.79 Å². The quantitative estimate of drug-likeness (QED) is 0.863. The number of amides is 1. The minimum Gasteiger partial charge on any atom is -0.313 e. The van der Waals surface area contributed by atoms with Gasteiger partial charge in [0.15, 0.2) is 0 Å². The number of rotatable bonds is 3. The number of nitriles is 1. The second kappa shape index (κ2) is 6.25. The average Bonchev–Trinajstić information content (AvgIpc) is 3.12. The first-order chi connectivity index (χ1) is 10.3. The van der Waals surface area contributed by atoms with Crippen molar-refractivity contribution in [3.05, 3.63) is 44.5 Å². The van der Waals surface area contributed by atoms with E-state index in [1.165, 1.54) is 17.4 Å². The molecule has 1 N–H and O–H groups in total. The summed E-state index contributed by atoms with van der Waals surface area (Å²) < 4.78 is 0. The highest BCUT2D eigenvalue weighted by Gasteiger charge is 2.21. The molecule has 0 fully saturated rings. The zero-order chi connectivity index (χ0) is 14.7. The third-order valence-corrected chi connectivity index (χ3v) is 5.51. The van der Waals surface area contributed by atoms with E-state index >= 15 is 0 Å². The molecule has 1 amide bonds. The van der Waals surface area contributed by atoms with E-state index in [0.29, 0.717) is 10.6 Å². The molecule has 3 rings (SSSR count). The summed E-state index contributed by atoms with van der Waals surface area (Å²) in [4.78, 5) is 14.3. The van der Waals surface area contributed by atoms with Crippen molar-refractivity contribution in [2.24, 2.45) is 0 Å². The number of fused-ring (bicyclic) bond motifs is 1. The topological polar surface area (TPSA) is 52.9 Å². The summed E-state index contributed by atoms with van der Waals surface area (Å²) in [6.07, 6.45) is 7.59. The van der Waals surface area contributed by atoms with Crippen molar-refractivity contribution in [1.82, 2.24) is 0 Å². The molecule has 5 heteroatoms. The van der Waals surface area contributed by atoms with E-state index in [9.17, 15) is 10.1 Å². The van der Waals surface area contributed by atoms with Gasteiger partial charge in [0.25, 0.3) is 0 Å². The van der Waals surface area contributed by atoms with Gasteiger partial charge in [0.1, 0.15) is 11.1 Å². The van der Waals surface area contributed by atoms with Crippen LogP contribution in [0.5, 0.6) is 0 Å². The molecule has 2 heterocycles. The first-order valence-corrected chi connectivity index (χ1v) is 8.55. The number of aryl methyl sites for hydroxylation is 1. The number of hydrogen-bond acceptors (Lipinski definition) is 4. The van der Waals surface area contributed by atoms with E-state index in [-0.39, 0.29) is 5.91 Å². The highest BCUT2D eigenvalue weighted by Crippen LogP contribution is 2.37. The van der Waals surface area contributed by atoms with Crippen LogP contribution in [0.25, 0.3) is 6.08 Å². The van der Waals surface area contributed by atoms with Crippen LogP contribution < -0.4 is 5.32 Å². The molecule has 106 valence electrons. The van der Waals surface area contributed by atoms with Crippen molar-refractivity contribution in [2.75, 3.05) is 5.32 Å². The Bertz CT molecular complexity index is 720. The zero-order valence-electron chi connectivity index (χ0n) is 11.4. The van der Waals surface area contributed by atoms with Gasteiger partial charge in [0.05, 0.1) is 5.56 Å². The lowest BCUT2D eigenvalue weighted by atomic mass is 9.96. The van der Waals surface area contributed by atoms with E-state index in [0.717, 1.165) is 29.7 Å². The van der Waals surface area contributed by atoms with Crippen LogP contribution in [0.3, 0.4) is 0 Å². The van der Waals surface area contributed by atoms with Gasteiger partial charge in [0.2, 0.25) is 5.91 Å². The highest BCUT2D eigenvalue weighted by atomic mass is 32.1. The smallest absolute Gasteiger partial charge is 0.249 e. The number of carbonyl (C=O) groups is 1. The van der Waals surface area contributed by atoms with Crippen molar-refractivity contribution in [2.45, 2.75) is 25.7 Å². The third kappa shape index (κ3) is 3.07. The van der Waals surface area contributed by atoms with Crippen LogP contribution in [0.15, 0.2) is 23.6 Å². The zero-order valence-corrected chi connectivity index (χ0v) is 13.0. The van der Waals surface area contributed by atoms with E-state index in [4.69, 9.17) is 0 Å². The Balaban J connectivity index is 1.77. The minimum absolute atomic E-state index is 0.182. The molecular formula is C16H14N2OS2.